The van der Waals surface area contributed by atoms with Gasteiger partial charge >= 0.3 is 0 Å². The number of aromatic nitrogens is 5. The van der Waals surface area contributed by atoms with Crippen molar-refractivity contribution >= 4 is 0 Å². The molecule has 1 N–H and O–H groups in total. The Hall–Kier alpha value is -3.35. The van der Waals surface area contributed by atoms with Gasteiger partial charge in [-0.3, -0.25) is 10.1 Å². The molecule has 7 heteroatoms. The van der Waals surface area contributed by atoms with Crippen LogP contribution in [0.1, 0.15) is 0 Å². The Labute approximate surface area is 130 Å². The predicted molar refractivity (Wildman–Crippen MR) is 80.5 cm³/mol. The maximum absolute atomic E-state index is 13.1. The Balaban J connectivity index is 1.74. The average molecular weight is 307 g/mol. The monoisotopic (exact) mass is 307 g/mol. The van der Waals surface area contributed by atoms with Gasteiger partial charge in [0.05, 0.1) is 17.5 Å². The zero-order valence-electron chi connectivity index (χ0n) is 11.8. The maximum atomic E-state index is 13.1. The second kappa shape index (κ2) is 5.45. The van der Waals surface area contributed by atoms with Crippen LogP contribution in [0.5, 0.6) is 0 Å². The van der Waals surface area contributed by atoms with E-state index in [-0.39, 0.29) is 5.82 Å². The third-order valence-corrected chi connectivity index (χ3v) is 3.35. The van der Waals surface area contributed by atoms with Gasteiger partial charge < -0.3 is 4.42 Å². The molecule has 0 atom stereocenters. The number of aromatic amines is 1. The summed E-state index contributed by atoms with van der Waals surface area (Å²) in [5, 5.41) is 15.0. The molecular formula is C16H10FN5O. The van der Waals surface area contributed by atoms with Gasteiger partial charge in [-0.2, -0.15) is 5.10 Å². The topological polar surface area (TPSA) is 80.5 Å². The van der Waals surface area contributed by atoms with Crippen molar-refractivity contribution in [3.8, 4) is 34.2 Å². The fraction of sp³-hybridized carbons (Fsp3) is 0. The Morgan fingerprint density at radius 3 is 2.39 bits per heavy atom. The van der Waals surface area contributed by atoms with E-state index in [0.29, 0.717) is 23.0 Å². The average Bonchev–Trinajstić information content (AvgIpc) is 3.25. The molecule has 0 amide bonds. The number of nitrogens with zero attached hydrogens (tertiary/aromatic N) is 4. The molecule has 0 aliphatic carbocycles. The molecule has 0 unspecified atom stereocenters. The molecule has 0 spiro atoms. The van der Waals surface area contributed by atoms with E-state index >= 15 is 0 Å². The minimum Gasteiger partial charge on any atom is -0.416 e. The van der Waals surface area contributed by atoms with Gasteiger partial charge in [0.1, 0.15) is 5.82 Å². The number of nitrogens with one attached hydrogen (secondary N) is 1. The normalized spacial score (nSPS) is 10.8. The molecule has 112 valence electrons. The fourth-order valence-corrected chi connectivity index (χ4v) is 2.23. The van der Waals surface area contributed by atoms with E-state index in [2.05, 4.69) is 25.4 Å². The van der Waals surface area contributed by atoms with Crippen LogP contribution in [0, 0.1) is 5.82 Å². The zero-order valence-corrected chi connectivity index (χ0v) is 11.8. The Bertz CT molecular complexity index is 931. The largest absolute Gasteiger partial charge is 0.416 e. The Morgan fingerprint density at radius 1 is 0.870 bits per heavy atom. The van der Waals surface area contributed by atoms with Gasteiger partial charge in [0.15, 0.2) is 0 Å². The smallest absolute Gasteiger partial charge is 0.251 e. The fourth-order valence-electron chi connectivity index (χ4n) is 2.23. The van der Waals surface area contributed by atoms with Crippen LogP contribution in [0.2, 0.25) is 0 Å². The second-order valence-corrected chi connectivity index (χ2v) is 4.81. The van der Waals surface area contributed by atoms with Gasteiger partial charge in [0, 0.05) is 23.5 Å². The summed E-state index contributed by atoms with van der Waals surface area (Å²) in [6.07, 6.45) is 4.91. The van der Waals surface area contributed by atoms with Gasteiger partial charge in [0.2, 0.25) is 5.89 Å². The first-order valence-corrected chi connectivity index (χ1v) is 6.85. The number of H-pyrrole nitrogens is 1. The molecule has 0 saturated carbocycles. The molecule has 3 heterocycles. The Morgan fingerprint density at radius 2 is 1.61 bits per heavy atom. The van der Waals surface area contributed by atoms with Gasteiger partial charge in [-0.05, 0) is 36.4 Å². The van der Waals surface area contributed by atoms with Crippen LogP contribution < -0.4 is 0 Å². The molecule has 0 aliphatic heterocycles. The first-order valence-electron chi connectivity index (χ1n) is 6.85. The van der Waals surface area contributed by atoms with Crippen LogP contribution in [0.25, 0.3) is 34.2 Å². The molecular weight excluding hydrogens is 297 g/mol. The summed E-state index contributed by atoms with van der Waals surface area (Å²) in [4.78, 5) is 3.95. The first-order chi connectivity index (χ1) is 11.3. The minimum atomic E-state index is -0.299. The van der Waals surface area contributed by atoms with Crippen LogP contribution in [0.4, 0.5) is 4.39 Å². The number of pyridine rings is 1. The van der Waals surface area contributed by atoms with Crippen molar-refractivity contribution in [3.05, 3.63) is 60.8 Å². The molecule has 3 aromatic heterocycles. The standard InChI is InChI=1S/C16H10FN5O/c17-12-3-1-10(2-4-12)14-13(9-19-20-14)16-22-21-15(23-16)11-5-7-18-8-6-11/h1-9H,(H,19,20). The van der Waals surface area contributed by atoms with Crippen LogP contribution in [-0.4, -0.2) is 25.4 Å². The van der Waals surface area contributed by atoms with Crippen LogP contribution in [0.15, 0.2) is 59.4 Å². The van der Waals surface area contributed by atoms with Crippen molar-refractivity contribution < 1.29 is 8.81 Å². The van der Waals surface area contributed by atoms with Crippen molar-refractivity contribution in [1.82, 2.24) is 25.4 Å². The molecule has 23 heavy (non-hydrogen) atoms. The summed E-state index contributed by atoms with van der Waals surface area (Å²) in [6, 6.07) is 9.66. The number of hydrogen-bond acceptors (Lipinski definition) is 5. The van der Waals surface area contributed by atoms with E-state index in [4.69, 9.17) is 4.42 Å². The molecule has 6 nitrogen and oxygen atoms in total. The predicted octanol–water partition coefficient (Wildman–Crippen LogP) is 3.33. The highest BCUT2D eigenvalue weighted by Gasteiger charge is 2.16. The zero-order chi connectivity index (χ0) is 15.6. The summed E-state index contributed by atoms with van der Waals surface area (Å²) < 4.78 is 18.8. The van der Waals surface area contributed by atoms with Crippen molar-refractivity contribution in [3.63, 3.8) is 0 Å². The minimum absolute atomic E-state index is 0.299. The number of rotatable bonds is 3. The summed E-state index contributed by atoms with van der Waals surface area (Å²) in [7, 11) is 0. The second-order valence-electron chi connectivity index (χ2n) is 4.81. The molecule has 0 bridgehead atoms. The van der Waals surface area contributed by atoms with Crippen molar-refractivity contribution in [1.29, 1.82) is 0 Å². The number of halogens is 1. The highest BCUT2D eigenvalue weighted by Crippen LogP contribution is 2.30. The molecule has 0 saturated heterocycles. The number of hydrogen-bond donors (Lipinski definition) is 1. The first kappa shape index (κ1) is 13.3. The molecule has 0 fully saturated rings. The van der Waals surface area contributed by atoms with E-state index < -0.39 is 0 Å². The van der Waals surface area contributed by atoms with Crippen LogP contribution in [-0.2, 0) is 0 Å². The summed E-state index contributed by atoms with van der Waals surface area (Å²) in [5.41, 5.74) is 2.91. The van der Waals surface area contributed by atoms with Gasteiger partial charge in [0.25, 0.3) is 5.89 Å². The third-order valence-electron chi connectivity index (χ3n) is 3.35. The lowest BCUT2D eigenvalue weighted by molar-refractivity contribution is 0.584. The van der Waals surface area contributed by atoms with E-state index in [9.17, 15) is 4.39 Å². The summed E-state index contributed by atoms with van der Waals surface area (Å²) in [5.74, 6) is 0.436. The lowest BCUT2D eigenvalue weighted by atomic mass is 10.1. The number of benzene rings is 1. The highest BCUT2D eigenvalue weighted by molar-refractivity contribution is 5.76. The summed E-state index contributed by atoms with van der Waals surface area (Å²) in [6.45, 7) is 0. The van der Waals surface area contributed by atoms with E-state index in [1.54, 1.807) is 42.9 Å². The molecule has 1 aromatic carbocycles. The highest BCUT2D eigenvalue weighted by atomic mass is 19.1. The summed E-state index contributed by atoms with van der Waals surface area (Å²) >= 11 is 0. The molecule has 4 aromatic rings. The third kappa shape index (κ3) is 2.48. The SMILES string of the molecule is Fc1ccc(-c2[nH]ncc2-c2nnc(-c3ccncc3)o2)cc1. The van der Waals surface area contributed by atoms with Gasteiger partial charge in [-0.15, -0.1) is 10.2 Å². The maximum Gasteiger partial charge on any atom is 0.251 e. The van der Waals surface area contributed by atoms with Crippen molar-refractivity contribution in [2.45, 2.75) is 0 Å². The van der Waals surface area contributed by atoms with Gasteiger partial charge in [-0.1, -0.05) is 0 Å². The lowest BCUT2D eigenvalue weighted by Gasteiger charge is -2.00. The molecule has 0 aliphatic rings. The van der Waals surface area contributed by atoms with Crippen molar-refractivity contribution in [2.24, 2.45) is 0 Å². The van der Waals surface area contributed by atoms with Crippen LogP contribution in [0.3, 0.4) is 0 Å². The molecule has 0 radical (unpaired) electrons. The quantitative estimate of drug-likeness (QED) is 0.628. The lowest BCUT2D eigenvalue weighted by Crippen LogP contribution is -1.83. The van der Waals surface area contributed by atoms with Gasteiger partial charge in [-0.25, -0.2) is 4.39 Å². The molecule has 4 rings (SSSR count). The van der Waals surface area contributed by atoms with Crippen molar-refractivity contribution in [2.75, 3.05) is 0 Å². The van der Waals surface area contributed by atoms with E-state index in [1.807, 2.05) is 0 Å². The van der Waals surface area contributed by atoms with E-state index in [1.165, 1.54) is 12.1 Å². The Kier molecular flexibility index (Phi) is 3.16. The van der Waals surface area contributed by atoms with E-state index in [0.717, 1.165) is 11.1 Å². The van der Waals surface area contributed by atoms with Crippen LogP contribution >= 0.6 is 0 Å².